The van der Waals surface area contributed by atoms with E-state index in [9.17, 15) is 5.11 Å². The van der Waals surface area contributed by atoms with E-state index in [1.54, 1.807) is 0 Å². The van der Waals surface area contributed by atoms with Gasteiger partial charge in [0.2, 0.25) is 0 Å². The first-order valence-electron chi connectivity index (χ1n) is 13.1. The fourth-order valence-electron chi connectivity index (χ4n) is 7.58. The van der Waals surface area contributed by atoms with Crippen LogP contribution in [0, 0.1) is 17.8 Å². The van der Waals surface area contributed by atoms with E-state index < -0.39 is 5.60 Å². The summed E-state index contributed by atoms with van der Waals surface area (Å²) in [5.41, 5.74) is 0.629. The molecule has 8 heteroatoms. The zero-order valence-electron chi connectivity index (χ0n) is 20.9. The van der Waals surface area contributed by atoms with Crippen LogP contribution < -0.4 is 21.3 Å². The highest BCUT2D eigenvalue weighted by Crippen LogP contribution is 2.55. The second-order valence-electron chi connectivity index (χ2n) is 11.3. The molecule has 184 valence electrons. The normalized spacial score (nSPS) is 34.0. The topological polar surface area (TPSA) is 82.6 Å². The lowest BCUT2D eigenvalue weighted by Gasteiger charge is -2.58. The summed E-state index contributed by atoms with van der Waals surface area (Å²) < 4.78 is 4.32. The number of hydrogen-bond acceptors (Lipinski definition) is 6. The first-order chi connectivity index (χ1) is 16.4. The van der Waals surface area contributed by atoms with E-state index in [2.05, 4.69) is 58.2 Å². The van der Waals surface area contributed by atoms with Crippen LogP contribution in [-0.4, -0.2) is 49.1 Å². The summed E-state index contributed by atoms with van der Waals surface area (Å²) in [6.07, 6.45) is 13.4. The number of aromatic nitrogens is 3. The van der Waals surface area contributed by atoms with Crippen molar-refractivity contribution >= 4 is 11.6 Å². The van der Waals surface area contributed by atoms with Crippen molar-refractivity contribution in [2.45, 2.75) is 82.8 Å². The quantitative estimate of drug-likeness (QED) is 0.584. The summed E-state index contributed by atoms with van der Waals surface area (Å²) in [5.74, 6) is 3.66. The molecular weight excluding hydrogens is 426 g/mol. The van der Waals surface area contributed by atoms with Crippen LogP contribution in [0.15, 0.2) is 29.8 Å². The molecule has 0 spiro atoms. The minimum Gasteiger partial charge on any atom is -0.390 e. The molecule has 2 aromatic heterocycles. The second-order valence-corrected chi connectivity index (χ2v) is 11.3. The summed E-state index contributed by atoms with van der Waals surface area (Å²) in [5, 5.41) is 19.7. The number of aliphatic hydroxyl groups is 1. The van der Waals surface area contributed by atoms with Gasteiger partial charge in [-0.25, -0.2) is 9.98 Å². The van der Waals surface area contributed by atoms with Gasteiger partial charge in [0.15, 0.2) is 6.29 Å². The molecule has 3 unspecified atom stereocenters. The second kappa shape index (κ2) is 8.12. The number of aryl methyl sites for hydroxylation is 1. The van der Waals surface area contributed by atoms with Crippen molar-refractivity contribution in [3.05, 3.63) is 35.5 Å². The van der Waals surface area contributed by atoms with Gasteiger partial charge in [-0.2, -0.15) is 0 Å². The summed E-state index contributed by atoms with van der Waals surface area (Å²) in [7, 11) is 4.11. The third-order valence-electron chi connectivity index (χ3n) is 8.98. The molecule has 4 fully saturated rings. The van der Waals surface area contributed by atoms with Gasteiger partial charge >= 0.3 is 0 Å². The Morgan fingerprint density at radius 3 is 2.50 bits per heavy atom. The Morgan fingerprint density at radius 2 is 1.88 bits per heavy atom. The van der Waals surface area contributed by atoms with Gasteiger partial charge in [-0.05, 0) is 68.8 Å². The Kier molecular flexibility index (Phi) is 5.30. The van der Waals surface area contributed by atoms with Gasteiger partial charge in [-0.1, -0.05) is 13.8 Å². The standard InChI is InChI=1S/C26H39N7O/c1-5-19(6-2)33-8-7-20-23(28-21-14-31(3)15-27-21)32(4)25(30-24(20)33)29-22-17-9-16-10-18(22)13-26(34,11-16)12-17/h7-8,14-19,22,25,28-29,34H,5-6,9-13H2,1-4H3. The molecule has 3 heterocycles. The average molecular weight is 466 g/mol. The summed E-state index contributed by atoms with van der Waals surface area (Å²) in [6.45, 7) is 4.50. The van der Waals surface area contributed by atoms with Gasteiger partial charge in [0.25, 0.3) is 0 Å². The van der Waals surface area contributed by atoms with Crippen molar-refractivity contribution < 1.29 is 5.11 Å². The lowest BCUT2D eigenvalue weighted by molar-refractivity contribution is -0.141. The number of nitrogens with zero attached hydrogens (tertiary/aromatic N) is 5. The Morgan fingerprint density at radius 1 is 1.15 bits per heavy atom. The third-order valence-corrected chi connectivity index (χ3v) is 8.98. The number of anilines is 1. The molecular formula is C26H39N7O. The van der Waals surface area contributed by atoms with Crippen LogP contribution in [-0.2, 0) is 7.05 Å². The number of rotatable bonds is 7. The van der Waals surface area contributed by atoms with E-state index >= 15 is 0 Å². The molecule has 4 bridgehead atoms. The largest absolute Gasteiger partial charge is 0.390 e. The van der Waals surface area contributed by atoms with Crippen molar-refractivity contribution in [3.8, 4) is 0 Å². The molecule has 4 aliphatic carbocycles. The van der Waals surface area contributed by atoms with E-state index in [1.807, 2.05) is 24.1 Å². The monoisotopic (exact) mass is 465 g/mol. The van der Waals surface area contributed by atoms with Crippen molar-refractivity contribution in [2.24, 2.45) is 29.8 Å². The van der Waals surface area contributed by atoms with E-state index in [1.165, 1.54) is 12.8 Å². The minimum absolute atomic E-state index is 0.154. The maximum Gasteiger partial charge on any atom is 0.179 e. The maximum absolute atomic E-state index is 11.1. The number of imidazole rings is 1. The molecule has 0 radical (unpaired) electrons. The fourth-order valence-corrected chi connectivity index (χ4v) is 7.58. The average Bonchev–Trinajstić information content (AvgIpc) is 3.39. The smallest absolute Gasteiger partial charge is 0.179 e. The molecule has 2 aromatic rings. The predicted molar refractivity (Wildman–Crippen MR) is 132 cm³/mol. The molecule has 34 heavy (non-hydrogen) atoms. The first-order valence-corrected chi connectivity index (χ1v) is 13.1. The molecule has 0 saturated heterocycles. The molecule has 3 atom stereocenters. The van der Waals surface area contributed by atoms with Crippen molar-refractivity contribution in [1.29, 1.82) is 0 Å². The molecule has 8 nitrogen and oxygen atoms in total. The Bertz CT molecular complexity index is 1160. The predicted octanol–water partition coefficient (Wildman–Crippen LogP) is 2.14. The summed E-state index contributed by atoms with van der Waals surface area (Å²) in [6, 6.07) is 3.03. The van der Waals surface area contributed by atoms with Crippen LogP contribution in [0.5, 0.6) is 0 Å². The van der Waals surface area contributed by atoms with Gasteiger partial charge in [-0.15, -0.1) is 0 Å². The van der Waals surface area contributed by atoms with Crippen LogP contribution in [0.25, 0.3) is 5.82 Å². The molecule has 7 rings (SSSR count). The van der Waals surface area contributed by atoms with Crippen LogP contribution in [0.2, 0.25) is 0 Å². The summed E-state index contributed by atoms with van der Waals surface area (Å²) >= 11 is 0. The minimum atomic E-state index is -0.417. The molecule has 0 amide bonds. The SMILES string of the molecule is CCC(CC)n1ccc2c1=NC(NC1C3CC4CC1CC(O)(C4)C3)N(C)C=2Nc1cn(C)cn1. The van der Waals surface area contributed by atoms with Crippen molar-refractivity contribution in [2.75, 3.05) is 12.4 Å². The Hall–Kier alpha value is -2.32. The first kappa shape index (κ1) is 22.2. The van der Waals surface area contributed by atoms with E-state index in [0.717, 1.165) is 54.4 Å². The van der Waals surface area contributed by atoms with Gasteiger partial charge in [0.1, 0.15) is 17.1 Å². The zero-order chi connectivity index (χ0) is 23.6. The van der Waals surface area contributed by atoms with Crippen molar-refractivity contribution in [1.82, 2.24) is 24.3 Å². The fraction of sp³-hybridized carbons (Fsp3) is 0.692. The van der Waals surface area contributed by atoms with E-state index in [0.29, 0.717) is 29.8 Å². The number of hydrogen-bond donors (Lipinski definition) is 3. The van der Waals surface area contributed by atoms with Crippen molar-refractivity contribution in [3.63, 3.8) is 0 Å². The molecule has 3 N–H and O–H groups in total. The molecule has 4 saturated carbocycles. The van der Waals surface area contributed by atoms with Gasteiger partial charge in [0, 0.05) is 38.6 Å². The molecule has 5 aliphatic rings. The number of fused-ring (bicyclic) bond motifs is 1. The Balaban J connectivity index is 1.37. The third kappa shape index (κ3) is 3.57. The van der Waals surface area contributed by atoms with E-state index in [-0.39, 0.29) is 6.29 Å². The lowest BCUT2D eigenvalue weighted by atomic mass is 9.52. The number of nitrogens with one attached hydrogen (secondary N) is 2. The van der Waals surface area contributed by atoms with E-state index in [4.69, 9.17) is 4.99 Å². The van der Waals surface area contributed by atoms with Crippen LogP contribution in [0.3, 0.4) is 0 Å². The molecule has 0 aromatic carbocycles. The maximum atomic E-state index is 11.1. The highest BCUT2D eigenvalue weighted by atomic mass is 16.3. The van der Waals surface area contributed by atoms with Gasteiger partial charge < -0.3 is 24.5 Å². The zero-order valence-corrected chi connectivity index (χ0v) is 20.9. The highest BCUT2D eigenvalue weighted by Gasteiger charge is 2.55. The van der Waals surface area contributed by atoms with Crippen LogP contribution >= 0.6 is 0 Å². The van der Waals surface area contributed by atoms with Gasteiger partial charge in [0.05, 0.1) is 17.1 Å². The Labute approximate surface area is 201 Å². The van der Waals surface area contributed by atoms with Gasteiger partial charge in [-0.3, -0.25) is 5.32 Å². The summed E-state index contributed by atoms with van der Waals surface area (Å²) in [4.78, 5) is 12.0. The van der Waals surface area contributed by atoms with Crippen LogP contribution in [0.4, 0.5) is 5.82 Å². The highest BCUT2D eigenvalue weighted by molar-refractivity contribution is 5.60. The molecule has 1 aliphatic heterocycles. The van der Waals surface area contributed by atoms with Crippen LogP contribution in [0.1, 0.15) is 64.8 Å². The lowest BCUT2D eigenvalue weighted by Crippen LogP contribution is -2.64.